The second-order valence-corrected chi connectivity index (χ2v) is 8.08. The van der Waals surface area contributed by atoms with E-state index in [0.29, 0.717) is 21.3 Å². The number of aryl methyl sites for hydroxylation is 1. The molecule has 0 amide bonds. The largest absolute Gasteiger partial charge is 0.495 e. The molecule has 4 aromatic rings. The van der Waals surface area contributed by atoms with Gasteiger partial charge in [-0.25, -0.2) is 8.78 Å². The molecule has 0 radical (unpaired) electrons. The molecule has 0 fully saturated rings. The zero-order valence-corrected chi connectivity index (χ0v) is 19.1. The van der Waals surface area contributed by atoms with Gasteiger partial charge in [0.15, 0.2) is 0 Å². The maximum absolute atomic E-state index is 13.1. The molecule has 33 heavy (non-hydrogen) atoms. The van der Waals surface area contributed by atoms with Crippen LogP contribution in [0.3, 0.4) is 0 Å². The van der Waals surface area contributed by atoms with Gasteiger partial charge < -0.3 is 9.47 Å². The topological polar surface area (TPSA) is 31.4 Å². The Morgan fingerprint density at radius 1 is 0.848 bits per heavy atom. The summed E-state index contributed by atoms with van der Waals surface area (Å²) >= 11 is 13.0. The van der Waals surface area contributed by atoms with Crippen LogP contribution in [0.2, 0.25) is 10.0 Å². The SMILES string of the molecule is COc1cc2nc(C)c(-c3ccc(-c4ccc(OC(F)C(F)F)cc4)cc3)c(Cl)c2cc1Cl. The van der Waals surface area contributed by atoms with Crippen molar-refractivity contribution in [2.24, 2.45) is 0 Å². The molecule has 1 atom stereocenters. The van der Waals surface area contributed by atoms with Crippen molar-refractivity contribution < 1.29 is 22.6 Å². The molecule has 170 valence electrons. The third-order valence-corrected chi connectivity index (χ3v) is 5.87. The number of fused-ring (bicyclic) bond motifs is 1. The van der Waals surface area contributed by atoms with E-state index in [4.69, 9.17) is 27.9 Å². The summed E-state index contributed by atoms with van der Waals surface area (Å²) in [7, 11) is 1.54. The smallest absolute Gasteiger partial charge is 0.304 e. The second-order valence-electron chi connectivity index (χ2n) is 7.30. The lowest BCUT2D eigenvalue weighted by Gasteiger charge is -2.14. The van der Waals surface area contributed by atoms with Crippen LogP contribution in [0.25, 0.3) is 33.2 Å². The highest BCUT2D eigenvalue weighted by molar-refractivity contribution is 6.39. The molecule has 1 aromatic heterocycles. The molecule has 0 spiro atoms. The lowest BCUT2D eigenvalue weighted by atomic mass is 9.98. The van der Waals surface area contributed by atoms with Crippen LogP contribution in [0.15, 0.2) is 60.7 Å². The number of nitrogens with zero attached hydrogens (tertiary/aromatic N) is 1. The molecule has 0 N–H and O–H groups in total. The van der Waals surface area contributed by atoms with Crippen molar-refractivity contribution in [3.8, 4) is 33.8 Å². The number of hydrogen-bond acceptors (Lipinski definition) is 3. The second kappa shape index (κ2) is 9.49. The van der Waals surface area contributed by atoms with Gasteiger partial charge in [0.05, 0.1) is 22.7 Å². The van der Waals surface area contributed by atoms with Crippen molar-refractivity contribution in [3.63, 3.8) is 0 Å². The van der Waals surface area contributed by atoms with Gasteiger partial charge in [-0.3, -0.25) is 4.98 Å². The first-order valence-electron chi connectivity index (χ1n) is 9.91. The Hall–Kier alpha value is -2.96. The van der Waals surface area contributed by atoms with Crippen molar-refractivity contribution >= 4 is 34.1 Å². The van der Waals surface area contributed by atoms with Crippen molar-refractivity contribution in [2.45, 2.75) is 19.7 Å². The van der Waals surface area contributed by atoms with Crippen LogP contribution in [0, 0.1) is 6.92 Å². The third-order valence-electron chi connectivity index (χ3n) is 5.18. The minimum atomic E-state index is -3.20. The van der Waals surface area contributed by atoms with Crippen molar-refractivity contribution in [2.75, 3.05) is 7.11 Å². The standard InChI is InChI=1S/C25H18Cl2F3NO2/c1-13-22(23(27)18-11-19(26)21(32-2)12-20(18)31-13)16-5-3-14(4-6-16)15-7-9-17(10-8-15)33-25(30)24(28)29/h3-12,24-25H,1-2H3. The molecule has 0 bridgehead atoms. The summed E-state index contributed by atoms with van der Waals surface area (Å²) in [6.45, 7) is 1.88. The van der Waals surface area contributed by atoms with Gasteiger partial charge in [0, 0.05) is 22.7 Å². The molecule has 8 heteroatoms. The minimum Gasteiger partial charge on any atom is -0.495 e. The Balaban J connectivity index is 1.64. The van der Waals surface area contributed by atoms with E-state index in [1.807, 2.05) is 31.2 Å². The number of halogens is 5. The molecule has 1 unspecified atom stereocenters. The lowest BCUT2D eigenvalue weighted by molar-refractivity contribution is -0.0668. The third kappa shape index (κ3) is 4.72. The van der Waals surface area contributed by atoms with Crippen molar-refractivity contribution in [3.05, 3.63) is 76.4 Å². The maximum Gasteiger partial charge on any atom is 0.304 e. The summed E-state index contributed by atoms with van der Waals surface area (Å²) in [6, 6.07) is 17.4. The predicted molar refractivity (Wildman–Crippen MR) is 125 cm³/mol. The fourth-order valence-electron chi connectivity index (χ4n) is 3.57. The zero-order chi connectivity index (χ0) is 23.7. The quantitative estimate of drug-likeness (QED) is 0.272. The fourth-order valence-corrected chi connectivity index (χ4v) is 4.21. The molecule has 3 nitrogen and oxygen atoms in total. The molecule has 0 saturated carbocycles. The Kier molecular flexibility index (Phi) is 6.68. The van der Waals surface area contributed by atoms with E-state index in [1.54, 1.807) is 31.4 Å². The molecule has 0 aliphatic rings. The van der Waals surface area contributed by atoms with Gasteiger partial charge in [-0.05, 0) is 41.8 Å². The van der Waals surface area contributed by atoms with Gasteiger partial charge in [0.25, 0.3) is 6.36 Å². The highest BCUT2D eigenvalue weighted by Crippen LogP contribution is 2.39. The lowest BCUT2D eigenvalue weighted by Crippen LogP contribution is -2.19. The van der Waals surface area contributed by atoms with E-state index >= 15 is 0 Å². The fraction of sp³-hybridized carbons (Fsp3) is 0.160. The summed E-state index contributed by atoms with van der Waals surface area (Å²) < 4.78 is 47.5. The van der Waals surface area contributed by atoms with Crippen LogP contribution in [0.4, 0.5) is 13.2 Å². The van der Waals surface area contributed by atoms with Gasteiger partial charge in [0.2, 0.25) is 0 Å². The Bertz CT molecular complexity index is 1300. The molecular formula is C25H18Cl2F3NO2. The first-order valence-corrected chi connectivity index (χ1v) is 10.7. The summed E-state index contributed by atoms with van der Waals surface area (Å²) in [5.74, 6) is 0.556. The zero-order valence-electron chi connectivity index (χ0n) is 17.6. The van der Waals surface area contributed by atoms with Gasteiger partial charge in [-0.15, -0.1) is 0 Å². The van der Waals surface area contributed by atoms with Gasteiger partial charge in [0.1, 0.15) is 11.5 Å². The number of benzene rings is 3. The van der Waals surface area contributed by atoms with Crippen molar-refractivity contribution in [1.29, 1.82) is 0 Å². The van der Waals surface area contributed by atoms with Crippen LogP contribution in [0.5, 0.6) is 11.5 Å². The number of ether oxygens (including phenoxy) is 2. The Labute approximate surface area is 198 Å². The first kappa shape index (κ1) is 23.2. The summed E-state index contributed by atoms with van der Waals surface area (Å²) in [5, 5.41) is 1.70. The van der Waals surface area contributed by atoms with E-state index in [1.165, 1.54) is 12.1 Å². The summed E-state index contributed by atoms with van der Waals surface area (Å²) in [4.78, 5) is 4.67. The van der Waals surface area contributed by atoms with Gasteiger partial charge in [-0.1, -0.05) is 59.6 Å². The number of pyridine rings is 1. The van der Waals surface area contributed by atoms with E-state index < -0.39 is 12.8 Å². The molecule has 4 rings (SSSR count). The van der Waals surface area contributed by atoms with E-state index in [2.05, 4.69) is 9.72 Å². The Morgan fingerprint density at radius 2 is 1.42 bits per heavy atom. The van der Waals surface area contributed by atoms with E-state index in [0.717, 1.165) is 33.3 Å². The van der Waals surface area contributed by atoms with Gasteiger partial charge >= 0.3 is 6.43 Å². The molecule has 1 heterocycles. The van der Waals surface area contributed by atoms with Crippen LogP contribution in [0.1, 0.15) is 5.69 Å². The van der Waals surface area contributed by atoms with Crippen LogP contribution in [-0.4, -0.2) is 24.9 Å². The normalized spacial score (nSPS) is 12.2. The van der Waals surface area contributed by atoms with Gasteiger partial charge in [-0.2, -0.15) is 4.39 Å². The highest BCUT2D eigenvalue weighted by atomic mass is 35.5. The minimum absolute atomic E-state index is 0.0307. The molecular weight excluding hydrogens is 474 g/mol. The van der Waals surface area contributed by atoms with Crippen molar-refractivity contribution in [1.82, 2.24) is 4.98 Å². The van der Waals surface area contributed by atoms with Crippen LogP contribution < -0.4 is 9.47 Å². The van der Waals surface area contributed by atoms with Crippen LogP contribution >= 0.6 is 23.2 Å². The number of rotatable bonds is 6. The summed E-state index contributed by atoms with van der Waals surface area (Å²) in [6.07, 6.45) is -5.86. The van der Waals surface area contributed by atoms with E-state index in [9.17, 15) is 13.2 Å². The molecule has 0 aliphatic heterocycles. The van der Waals surface area contributed by atoms with E-state index in [-0.39, 0.29) is 5.75 Å². The number of aromatic nitrogens is 1. The number of methoxy groups -OCH3 is 1. The average molecular weight is 492 g/mol. The molecule has 0 aliphatic carbocycles. The molecule has 3 aromatic carbocycles. The number of alkyl halides is 3. The maximum atomic E-state index is 13.1. The molecule has 0 saturated heterocycles. The summed E-state index contributed by atoms with van der Waals surface area (Å²) in [5.41, 5.74) is 4.81. The van der Waals surface area contributed by atoms with Crippen LogP contribution in [-0.2, 0) is 0 Å². The monoisotopic (exact) mass is 491 g/mol. The first-order chi connectivity index (χ1) is 15.8. The predicted octanol–water partition coefficient (Wildman–Crippen LogP) is 8.13. The highest BCUT2D eigenvalue weighted by Gasteiger charge is 2.20. The Morgan fingerprint density at radius 3 is 2.00 bits per heavy atom. The number of hydrogen-bond donors (Lipinski definition) is 0. The average Bonchev–Trinajstić information content (AvgIpc) is 2.80.